The number of aryl methyl sites for hydroxylation is 1. The van der Waals surface area contributed by atoms with Crippen molar-refractivity contribution in [3.05, 3.63) is 53.6 Å². The van der Waals surface area contributed by atoms with E-state index in [1.54, 1.807) is 0 Å². The van der Waals surface area contributed by atoms with Gasteiger partial charge < -0.3 is 5.11 Å². The normalized spacial score (nSPS) is 16.2. The predicted molar refractivity (Wildman–Crippen MR) is 92.7 cm³/mol. The highest BCUT2D eigenvalue weighted by Gasteiger charge is 2.13. The number of aromatic hydroxyl groups is 1. The quantitative estimate of drug-likeness (QED) is 0.783. The molecule has 1 aliphatic carbocycles. The molecule has 0 spiro atoms. The molecule has 1 N–H and O–H groups in total. The summed E-state index contributed by atoms with van der Waals surface area (Å²) in [5, 5.41) is 10.7. The molecule has 0 aliphatic heterocycles. The molecule has 0 unspecified atom stereocenters. The van der Waals surface area contributed by atoms with Crippen LogP contribution in [-0.4, -0.2) is 17.4 Å². The van der Waals surface area contributed by atoms with E-state index in [1.165, 1.54) is 32.1 Å². The van der Waals surface area contributed by atoms with Gasteiger partial charge in [-0.05, 0) is 30.9 Å². The SMILES string of the molecule is Cc1ccc(-c2ccccc2)c(O)c1C=NC1CCCCC1. The third-order valence-electron chi connectivity index (χ3n) is 4.51. The molecule has 22 heavy (non-hydrogen) atoms. The molecule has 0 saturated heterocycles. The lowest BCUT2D eigenvalue weighted by Gasteiger charge is -2.17. The van der Waals surface area contributed by atoms with Crippen LogP contribution in [0.1, 0.15) is 43.2 Å². The largest absolute Gasteiger partial charge is 0.507 e. The predicted octanol–water partition coefficient (Wildman–Crippen LogP) is 5.12. The van der Waals surface area contributed by atoms with Crippen molar-refractivity contribution in [1.82, 2.24) is 0 Å². The molecule has 1 aliphatic rings. The molecule has 2 aromatic rings. The maximum atomic E-state index is 10.7. The summed E-state index contributed by atoms with van der Waals surface area (Å²) >= 11 is 0. The Kier molecular flexibility index (Phi) is 4.57. The molecule has 1 fully saturated rings. The van der Waals surface area contributed by atoms with Gasteiger partial charge in [-0.1, -0.05) is 61.7 Å². The van der Waals surface area contributed by atoms with Gasteiger partial charge >= 0.3 is 0 Å². The van der Waals surface area contributed by atoms with E-state index >= 15 is 0 Å². The number of rotatable bonds is 3. The van der Waals surface area contributed by atoms with Gasteiger partial charge in [-0.15, -0.1) is 0 Å². The molecule has 0 heterocycles. The van der Waals surface area contributed by atoms with Gasteiger partial charge in [0.1, 0.15) is 5.75 Å². The number of nitrogens with zero attached hydrogens (tertiary/aromatic N) is 1. The molecule has 2 aromatic carbocycles. The minimum atomic E-state index is 0.339. The molecular formula is C20H23NO. The summed E-state index contributed by atoms with van der Waals surface area (Å²) in [5.74, 6) is 0.339. The Balaban J connectivity index is 1.92. The van der Waals surface area contributed by atoms with Crippen molar-refractivity contribution in [3.63, 3.8) is 0 Å². The number of phenolic OH excluding ortho intramolecular Hbond substituents is 1. The van der Waals surface area contributed by atoms with Crippen LogP contribution in [0.4, 0.5) is 0 Å². The fraction of sp³-hybridized carbons (Fsp3) is 0.350. The van der Waals surface area contributed by atoms with Crippen LogP contribution in [0.3, 0.4) is 0 Å². The fourth-order valence-corrected chi connectivity index (χ4v) is 3.13. The number of aliphatic imine (C=N–C) groups is 1. The van der Waals surface area contributed by atoms with Crippen LogP contribution in [-0.2, 0) is 0 Å². The van der Waals surface area contributed by atoms with Crippen LogP contribution in [0.5, 0.6) is 5.75 Å². The number of phenols is 1. The van der Waals surface area contributed by atoms with Crippen molar-refractivity contribution < 1.29 is 5.11 Å². The van der Waals surface area contributed by atoms with Crippen molar-refractivity contribution in [3.8, 4) is 16.9 Å². The third kappa shape index (κ3) is 3.22. The first-order valence-corrected chi connectivity index (χ1v) is 8.17. The molecule has 2 heteroatoms. The van der Waals surface area contributed by atoms with Crippen molar-refractivity contribution >= 4 is 6.21 Å². The zero-order valence-electron chi connectivity index (χ0n) is 13.1. The first-order valence-electron chi connectivity index (χ1n) is 8.17. The Morgan fingerprint density at radius 1 is 1.00 bits per heavy atom. The van der Waals surface area contributed by atoms with Gasteiger partial charge in [0.25, 0.3) is 0 Å². The Morgan fingerprint density at radius 2 is 1.73 bits per heavy atom. The van der Waals surface area contributed by atoms with Gasteiger partial charge in [0.15, 0.2) is 0 Å². The van der Waals surface area contributed by atoms with E-state index in [0.29, 0.717) is 11.8 Å². The van der Waals surface area contributed by atoms with Crippen LogP contribution in [0.25, 0.3) is 11.1 Å². The first-order chi connectivity index (χ1) is 10.8. The second-order valence-corrected chi connectivity index (χ2v) is 6.13. The molecule has 0 atom stereocenters. The van der Waals surface area contributed by atoms with Crippen LogP contribution >= 0.6 is 0 Å². The summed E-state index contributed by atoms with van der Waals surface area (Å²) in [6.45, 7) is 2.02. The summed E-state index contributed by atoms with van der Waals surface area (Å²) in [5.41, 5.74) is 3.83. The Hall–Kier alpha value is -2.09. The molecule has 2 nitrogen and oxygen atoms in total. The highest BCUT2D eigenvalue weighted by Crippen LogP contribution is 2.33. The smallest absolute Gasteiger partial charge is 0.132 e. The van der Waals surface area contributed by atoms with E-state index < -0.39 is 0 Å². The van der Waals surface area contributed by atoms with Crippen molar-refractivity contribution in [2.75, 3.05) is 0 Å². The van der Waals surface area contributed by atoms with Crippen LogP contribution in [0.15, 0.2) is 47.5 Å². The molecule has 1 saturated carbocycles. The maximum absolute atomic E-state index is 10.7. The topological polar surface area (TPSA) is 32.6 Å². The maximum Gasteiger partial charge on any atom is 0.132 e. The summed E-state index contributed by atoms with van der Waals surface area (Å²) < 4.78 is 0. The molecule has 0 radical (unpaired) electrons. The van der Waals surface area contributed by atoms with Crippen molar-refractivity contribution in [2.45, 2.75) is 45.1 Å². The number of benzene rings is 2. The van der Waals surface area contributed by atoms with Gasteiger partial charge in [0, 0.05) is 23.4 Å². The molecule has 114 valence electrons. The van der Waals surface area contributed by atoms with Crippen LogP contribution in [0, 0.1) is 6.92 Å². The summed E-state index contributed by atoms with van der Waals surface area (Å²) in [6.07, 6.45) is 8.12. The highest BCUT2D eigenvalue weighted by atomic mass is 16.3. The van der Waals surface area contributed by atoms with E-state index in [2.05, 4.69) is 6.07 Å². The number of hydrogen-bond donors (Lipinski definition) is 1. The Morgan fingerprint density at radius 3 is 2.45 bits per heavy atom. The summed E-state index contributed by atoms with van der Waals surface area (Å²) in [4.78, 5) is 4.72. The first kappa shape index (κ1) is 14.8. The lowest BCUT2D eigenvalue weighted by molar-refractivity contribution is 0.444. The molecule has 0 aromatic heterocycles. The molecule has 0 amide bonds. The Labute approximate surface area is 132 Å². The van der Waals surface area contributed by atoms with E-state index in [-0.39, 0.29) is 0 Å². The Bertz CT molecular complexity index is 655. The molecular weight excluding hydrogens is 270 g/mol. The minimum absolute atomic E-state index is 0.339. The van der Waals surface area contributed by atoms with Gasteiger partial charge in [-0.3, -0.25) is 4.99 Å². The van der Waals surface area contributed by atoms with E-state index in [9.17, 15) is 5.11 Å². The lowest BCUT2D eigenvalue weighted by atomic mass is 9.95. The van der Waals surface area contributed by atoms with Crippen molar-refractivity contribution in [1.29, 1.82) is 0 Å². The van der Waals surface area contributed by atoms with Crippen LogP contribution in [0.2, 0.25) is 0 Å². The van der Waals surface area contributed by atoms with Gasteiger partial charge in [-0.25, -0.2) is 0 Å². The van der Waals surface area contributed by atoms with Gasteiger partial charge in [0.05, 0.1) is 0 Å². The second kappa shape index (κ2) is 6.78. The molecule has 3 rings (SSSR count). The van der Waals surface area contributed by atoms with Crippen molar-refractivity contribution in [2.24, 2.45) is 4.99 Å². The van der Waals surface area contributed by atoms with Gasteiger partial charge in [0.2, 0.25) is 0 Å². The zero-order valence-corrected chi connectivity index (χ0v) is 13.1. The standard InChI is InChI=1S/C20H23NO/c1-15-12-13-18(16-8-4-2-5-9-16)20(22)19(15)14-21-17-10-6-3-7-11-17/h2,4-5,8-9,12-14,17,22H,3,6-7,10-11H2,1H3. The van der Waals surface area contributed by atoms with E-state index in [1.807, 2.05) is 49.5 Å². The van der Waals surface area contributed by atoms with Gasteiger partial charge in [-0.2, -0.15) is 0 Å². The summed E-state index contributed by atoms with van der Waals surface area (Å²) in [6, 6.07) is 14.5. The van der Waals surface area contributed by atoms with E-state index in [0.717, 1.165) is 22.3 Å². The zero-order chi connectivity index (χ0) is 15.4. The monoisotopic (exact) mass is 293 g/mol. The fourth-order valence-electron chi connectivity index (χ4n) is 3.13. The third-order valence-corrected chi connectivity index (χ3v) is 4.51. The number of hydrogen-bond acceptors (Lipinski definition) is 2. The average Bonchev–Trinajstić information content (AvgIpc) is 2.56. The average molecular weight is 293 g/mol. The van der Waals surface area contributed by atoms with Crippen LogP contribution < -0.4 is 0 Å². The molecule has 0 bridgehead atoms. The minimum Gasteiger partial charge on any atom is -0.507 e. The summed E-state index contributed by atoms with van der Waals surface area (Å²) in [7, 11) is 0. The second-order valence-electron chi connectivity index (χ2n) is 6.13. The highest BCUT2D eigenvalue weighted by molar-refractivity contribution is 5.90. The van der Waals surface area contributed by atoms with E-state index in [4.69, 9.17) is 4.99 Å². The lowest BCUT2D eigenvalue weighted by Crippen LogP contribution is -2.09.